The van der Waals surface area contributed by atoms with Gasteiger partial charge >= 0.3 is 0 Å². The molecule has 0 saturated carbocycles. The van der Waals surface area contributed by atoms with Crippen LogP contribution in [0.5, 0.6) is 0 Å². The molecule has 0 aromatic heterocycles. The highest BCUT2D eigenvalue weighted by Crippen LogP contribution is 2.14. The molecule has 82 valence electrons. The second-order valence-corrected chi connectivity index (χ2v) is 3.99. The van der Waals surface area contributed by atoms with Crippen LogP contribution in [-0.4, -0.2) is 18.3 Å². The molecular weight excluding hydrogens is 235 g/mol. The predicted octanol–water partition coefficient (Wildman–Crippen LogP) is 2.44. The second-order valence-electron chi connectivity index (χ2n) is 3.03. The molecule has 1 aromatic rings. The van der Waals surface area contributed by atoms with Gasteiger partial charge in [-0.2, -0.15) is 0 Å². The molecule has 0 saturated heterocycles. The van der Waals surface area contributed by atoms with Crippen LogP contribution in [-0.2, 0) is 5.75 Å². The maximum Gasteiger partial charge on any atom is 0.157 e. The fourth-order valence-electron chi connectivity index (χ4n) is 1.21. The van der Waals surface area contributed by atoms with E-state index in [1.165, 1.54) is 12.1 Å². The van der Waals surface area contributed by atoms with Crippen LogP contribution in [0.2, 0.25) is 0 Å². The zero-order valence-corrected chi connectivity index (χ0v) is 9.71. The highest BCUT2D eigenvalue weighted by atomic mass is 35.5. The van der Waals surface area contributed by atoms with Gasteiger partial charge in [-0.15, -0.1) is 12.4 Å². The van der Waals surface area contributed by atoms with Crippen molar-refractivity contribution >= 4 is 29.3 Å². The average Bonchev–Trinajstić information content (AvgIpc) is 2.70. The minimum absolute atomic E-state index is 0. The number of thioether (sulfide) groups is 1. The van der Waals surface area contributed by atoms with Crippen LogP contribution in [0.3, 0.4) is 0 Å². The molecule has 2 nitrogen and oxygen atoms in total. The topological polar surface area (TPSA) is 24.4 Å². The lowest BCUT2D eigenvalue weighted by Crippen LogP contribution is -2.14. The number of nitrogens with one attached hydrogen (secondary N) is 1. The monoisotopic (exact) mass is 246 g/mol. The van der Waals surface area contributed by atoms with Gasteiger partial charge in [0.05, 0.1) is 6.54 Å². The van der Waals surface area contributed by atoms with Gasteiger partial charge in [0.1, 0.15) is 5.82 Å². The summed E-state index contributed by atoms with van der Waals surface area (Å²) in [7, 11) is 0. The lowest BCUT2D eigenvalue weighted by molar-refractivity contribution is 0.627. The maximum atomic E-state index is 12.6. The van der Waals surface area contributed by atoms with E-state index >= 15 is 0 Å². The molecule has 0 bridgehead atoms. The standard InChI is InChI=1S/C10H11FN2S.ClH/c11-9-3-1-8(2-4-9)7-14-10-12-5-6-13-10;/h1-4H,5-7H2,(H,12,13);1H. The van der Waals surface area contributed by atoms with Crippen molar-refractivity contribution in [2.45, 2.75) is 5.75 Å². The molecule has 0 spiro atoms. The molecule has 5 heteroatoms. The summed E-state index contributed by atoms with van der Waals surface area (Å²) in [5, 5.41) is 4.17. The van der Waals surface area contributed by atoms with E-state index in [9.17, 15) is 4.39 Å². The van der Waals surface area contributed by atoms with Crippen molar-refractivity contribution in [2.24, 2.45) is 4.99 Å². The predicted molar refractivity (Wildman–Crippen MR) is 65.2 cm³/mol. The van der Waals surface area contributed by atoms with Crippen LogP contribution in [0.25, 0.3) is 0 Å². The SMILES string of the molecule is Cl.Fc1ccc(CSC2=NCCN2)cc1. The van der Waals surface area contributed by atoms with Gasteiger partial charge in [-0.25, -0.2) is 4.39 Å². The quantitative estimate of drug-likeness (QED) is 0.867. The van der Waals surface area contributed by atoms with Gasteiger partial charge in [-0.3, -0.25) is 4.99 Å². The molecule has 15 heavy (non-hydrogen) atoms. The first-order valence-electron chi connectivity index (χ1n) is 4.50. The van der Waals surface area contributed by atoms with Crippen LogP contribution < -0.4 is 5.32 Å². The minimum Gasteiger partial charge on any atom is -0.363 e. The normalized spacial score (nSPS) is 14.1. The summed E-state index contributed by atoms with van der Waals surface area (Å²) in [5.41, 5.74) is 1.12. The summed E-state index contributed by atoms with van der Waals surface area (Å²) in [6, 6.07) is 6.58. The average molecular weight is 247 g/mol. The van der Waals surface area contributed by atoms with Crippen molar-refractivity contribution in [2.75, 3.05) is 13.1 Å². The molecular formula is C10H12ClFN2S. The Kier molecular flexibility index (Phi) is 4.91. The van der Waals surface area contributed by atoms with Gasteiger partial charge in [-0.05, 0) is 17.7 Å². The first-order valence-corrected chi connectivity index (χ1v) is 5.49. The van der Waals surface area contributed by atoms with Gasteiger partial charge in [-0.1, -0.05) is 23.9 Å². The number of amidine groups is 1. The third-order valence-electron chi connectivity index (χ3n) is 1.93. The van der Waals surface area contributed by atoms with E-state index in [0.29, 0.717) is 0 Å². The number of halogens is 2. The first-order chi connectivity index (χ1) is 6.84. The Balaban J connectivity index is 0.00000112. The van der Waals surface area contributed by atoms with Crippen molar-refractivity contribution < 1.29 is 4.39 Å². The van der Waals surface area contributed by atoms with Gasteiger partial charge in [0, 0.05) is 12.3 Å². The van der Waals surface area contributed by atoms with Crippen LogP contribution in [0.15, 0.2) is 29.3 Å². The van der Waals surface area contributed by atoms with Gasteiger partial charge in [0.15, 0.2) is 5.17 Å². The van der Waals surface area contributed by atoms with Crippen molar-refractivity contribution in [3.63, 3.8) is 0 Å². The molecule has 1 heterocycles. The Labute approximate surface area is 98.8 Å². The molecule has 0 amide bonds. The summed E-state index contributed by atoms with van der Waals surface area (Å²) in [6.07, 6.45) is 0. The molecule has 0 radical (unpaired) electrons. The zero-order chi connectivity index (χ0) is 9.80. The number of aliphatic imine (C=N–C) groups is 1. The molecule has 0 aliphatic carbocycles. The summed E-state index contributed by atoms with van der Waals surface area (Å²) in [5.74, 6) is 0.654. The molecule has 1 aromatic carbocycles. The van der Waals surface area contributed by atoms with Crippen LogP contribution in [0, 0.1) is 5.82 Å². The molecule has 1 N–H and O–H groups in total. The molecule has 2 rings (SSSR count). The van der Waals surface area contributed by atoms with E-state index in [-0.39, 0.29) is 18.2 Å². The smallest absolute Gasteiger partial charge is 0.157 e. The van der Waals surface area contributed by atoms with Crippen LogP contribution in [0.4, 0.5) is 4.39 Å². The molecule has 0 atom stereocenters. The lowest BCUT2D eigenvalue weighted by atomic mass is 10.2. The van der Waals surface area contributed by atoms with Crippen LogP contribution >= 0.6 is 24.2 Å². The van der Waals surface area contributed by atoms with Crippen LogP contribution in [0.1, 0.15) is 5.56 Å². The molecule has 1 aliphatic heterocycles. The zero-order valence-electron chi connectivity index (χ0n) is 8.07. The van der Waals surface area contributed by atoms with E-state index in [2.05, 4.69) is 10.3 Å². The number of benzene rings is 1. The Hall–Kier alpha value is -0.740. The Morgan fingerprint density at radius 2 is 2.07 bits per heavy atom. The third-order valence-corrected chi connectivity index (χ3v) is 2.96. The van der Waals surface area contributed by atoms with Gasteiger partial charge in [0.25, 0.3) is 0 Å². The summed E-state index contributed by atoms with van der Waals surface area (Å²) >= 11 is 1.66. The fraction of sp³-hybridized carbons (Fsp3) is 0.300. The molecule has 1 aliphatic rings. The maximum absolute atomic E-state index is 12.6. The van der Waals surface area contributed by atoms with Crippen molar-refractivity contribution in [1.29, 1.82) is 0 Å². The summed E-state index contributed by atoms with van der Waals surface area (Å²) in [6.45, 7) is 1.80. The highest BCUT2D eigenvalue weighted by molar-refractivity contribution is 8.13. The number of hydrogen-bond acceptors (Lipinski definition) is 3. The number of rotatable bonds is 2. The summed E-state index contributed by atoms with van der Waals surface area (Å²) < 4.78 is 12.6. The van der Waals surface area contributed by atoms with Crippen molar-refractivity contribution in [3.8, 4) is 0 Å². The Morgan fingerprint density at radius 1 is 1.33 bits per heavy atom. The van der Waals surface area contributed by atoms with Gasteiger partial charge in [0.2, 0.25) is 0 Å². The Morgan fingerprint density at radius 3 is 2.67 bits per heavy atom. The number of hydrogen-bond donors (Lipinski definition) is 1. The highest BCUT2D eigenvalue weighted by Gasteiger charge is 2.05. The van der Waals surface area contributed by atoms with E-state index in [0.717, 1.165) is 29.6 Å². The third kappa shape index (κ3) is 3.72. The van der Waals surface area contributed by atoms with E-state index in [1.807, 2.05) is 0 Å². The molecule has 0 fully saturated rings. The minimum atomic E-state index is -0.185. The second kappa shape index (κ2) is 5.98. The fourth-order valence-corrected chi connectivity index (χ4v) is 2.09. The summed E-state index contributed by atoms with van der Waals surface area (Å²) in [4.78, 5) is 4.26. The van der Waals surface area contributed by atoms with Crippen molar-refractivity contribution in [1.82, 2.24) is 5.32 Å². The molecule has 0 unspecified atom stereocenters. The first kappa shape index (κ1) is 12.3. The van der Waals surface area contributed by atoms with E-state index in [1.54, 1.807) is 23.9 Å². The van der Waals surface area contributed by atoms with E-state index < -0.39 is 0 Å². The lowest BCUT2D eigenvalue weighted by Gasteiger charge is -2.01. The van der Waals surface area contributed by atoms with Gasteiger partial charge < -0.3 is 5.32 Å². The Bertz CT molecular complexity index is 340. The largest absolute Gasteiger partial charge is 0.363 e. The number of nitrogens with zero attached hydrogens (tertiary/aromatic N) is 1. The van der Waals surface area contributed by atoms with Crippen molar-refractivity contribution in [3.05, 3.63) is 35.6 Å². The van der Waals surface area contributed by atoms with E-state index in [4.69, 9.17) is 0 Å².